The van der Waals surface area contributed by atoms with Gasteiger partial charge < -0.3 is 0 Å². The van der Waals surface area contributed by atoms with Gasteiger partial charge in [0.2, 0.25) is 0 Å². The van der Waals surface area contributed by atoms with E-state index in [4.69, 9.17) is 4.98 Å². The van der Waals surface area contributed by atoms with Crippen LogP contribution < -0.4 is 0 Å². The van der Waals surface area contributed by atoms with Crippen LogP contribution >= 0.6 is 0 Å². The molecule has 0 saturated heterocycles. The highest BCUT2D eigenvalue weighted by molar-refractivity contribution is 5.39. The smallest absolute Gasteiger partial charge is 0.133 e. The van der Waals surface area contributed by atoms with E-state index >= 15 is 0 Å². The minimum absolute atomic E-state index is 0.0118. The summed E-state index contributed by atoms with van der Waals surface area (Å²) in [5.74, 6) is 6.89. The van der Waals surface area contributed by atoms with Gasteiger partial charge in [0.05, 0.1) is 11.3 Å². The van der Waals surface area contributed by atoms with Gasteiger partial charge in [0.15, 0.2) is 0 Å². The fourth-order valence-electron chi connectivity index (χ4n) is 1.54. The molecule has 0 radical (unpaired) electrons. The third-order valence-corrected chi connectivity index (χ3v) is 2.43. The molecule has 2 heteroatoms. The van der Waals surface area contributed by atoms with Crippen molar-refractivity contribution < 1.29 is 0 Å². The van der Waals surface area contributed by atoms with E-state index in [1.807, 2.05) is 13.1 Å². The van der Waals surface area contributed by atoms with E-state index in [1.165, 1.54) is 0 Å². The van der Waals surface area contributed by atoms with Crippen molar-refractivity contribution in [2.24, 2.45) is 0 Å². The fraction of sp³-hybridized carbons (Fsp3) is 0.600. The molecule has 0 atom stereocenters. The first-order valence-electron chi connectivity index (χ1n) is 5.97. The molecule has 0 aromatic carbocycles. The lowest BCUT2D eigenvalue weighted by Crippen LogP contribution is -2.22. The summed E-state index contributed by atoms with van der Waals surface area (Å²) in [6.45, 7) is 14.7. The predicted molar refractivity (Wildman–Crippen MR) is 72.0 cm³/mol. The second-order valence-corrected chi connectivity index (χ2v) is 6.33. The molecule has 2 nitrogen and oxygen atoms in total. The van der Waals surface area contributed by atoms with E-state index < -0.39 is 0 Å². The van der Waals surface area contributed by atoms with Crippen LogP contribution in [0.1, 0.15) is 65.5 Å². The molecule has 1 aromatic heterocycles. The van der Waals surface area contributed by atoms with Crippen LogP contribution in [0, 0.1) is 11.8 Å². The summed E-state index contributed by atoms with van der Waals surface area (Å²) in [4.78, 5) is 9.15. The summed E-state index contributed by atoms with van der Waals surface area (Å²) in [5.41, 5.74) is 1.93. The molecule has 0 unspecified atom stereocenters. The van der Waals surface area contributed by atoms with Crippen LogP contribution in [-0.4, -0.2) is 9.97 Å². The Morgan fingerprint density at radius 1 is 1.00 bits per heavy atom. The predicted octanol–water partition coefficient (Wildman–Crippen LogP) is 3.44. The molecule has 0 aliphatic rings. The zero-order chi connectivity index (χ0) is 13.3. The molecule has 1 heterocycles. The number of aromatic nitrogens is 2. The maximum Gasteiger partial charge on any atom is 0.133 e. The normalized spacial score (nSPS) is 11.9. The molecule has 1 aromatic rings. The van der Waals surface area contributed by atoms with Crippen LogP contribution in [0.3, 0.4) is 0 Å². The van der Waals surface area contributed by atoms with Crippen molar-refractivity contribution in [2.45, 2.75) is 59.3 Å². The Hall–Kier alpha value is -1.36. The molecule has 0 saturated carbocycles. The molecule has 17 heavy (non-hydrogen) atoms. The summed E-state index contributed by atoms with van der Waals surface area (Å²) < 4.78 is 0. The Kier molecular flexibility index (Phi) is 3.62. The van der Waals surface area contributed by atoms with Crippen LogP contribution in [0.2, 0.25) is 0 Å². The number of hydrogen-bond acceptors (Lipinski definition) is 2. The van der Waals surface area contributed by atoms with Gasteiger partial charge in [0.1, 0.15) is 5.82 Å². The topological polar surface area (TPSA) is 25.8 Å². The molecule has 0 amide bonds. The molecule has 92 valence electrons. The molecular formula is C15H22N2. The largest absolute Gasteiger partial charge is 0.239 e. The van der Waals surface area contributed by atoms with Gasteiger partial charge >= 0.3 is 0 Å². The van der Waals surface area contributed by atoms with E-state index in [0.717, 1.165) is 17.1 Å². The van der Waals surface area contributed by atoms with E-state index in [-0.39, 0.29) is 10.8 Å². The van der Waals surface area contributed by atoms with Crippen molar-refractivity contribution in [1.29, 1.82) is 0 Å². The van der Waals surface area contributed by atoms with Crippen molar-refractivity contribution in [3.05, 3.63) is 23.3 Å². The molecule has 1 rings (SSSR count). The summed E-state index contributed by atoms with van der Waals surface area (Å²) in [6, 6.07) is 0. The molecule has 0 N–H and O–H groups in total. The maximum atomic E-state index is 4.72. The number of rotatable bonds is 0. The monoisotopic (exact) mass is 230 g/mol. The first-order chi connectivity index (χ1) is 7.66. The lowest BCUT2D eigenvalue weighted by atomic mass is 9.88. The van der Waals surface area contributed by atoms with Gasteiger partial charge in [0.25, 0.3) is 0 Å². The third kappa shape index (κ3) is 3.30. The summed E-state index contributed by atoms with van der Waals surface area (Å²) in [5, 5.41) is 0. The van der Waals surface area contributed by atoms with Crippen molar-refractivity contribution in [3.8, 4) is 11.8 Å². The van der Waals surface area contributed by atoms with Gasteiger partial charge in [-0.2, -0.15) is 0 Å². The zero-order valence-electron chi connectivity index (χ0n) is 12.0. The Balaban J connectivity index is 3.44. The van der Waals surface area contributed by atoms with Gasteiger partial charge in [0, 0.05) is 17.0 Å². The molecule has 0 spiro atoms. The van der Waals surface area contributed by atoms with Gasteiger partial charge in [-0.15, -0.1) is 5.92 Å². The molecule has 0 bridgehead atoms. The number of nitrogens with zero attached hydrogens (tertiary/aromatic N) is 2. The van der Waals surface area contributed by atoms with E-state index in [1.54, 1.807) is 0 Å². The highest BCUT2D eigenvalue weighted by Gasteiger charge is 2.24. The van der Waals surface area contributed by atoms with Crippen LogP contribution in [0.4, 0.5) is 0 Å². The Morgan fingerprint density at radius 2 is 1.59 bits per heavy atom. The second kappa shape index (κ2) is 4.49. The van der Waals surface area contributed by atoms with Gasteiger partial charge in [-0.1, -0.05) is 47.5 Å². The van der Waals surface area contributed by atoms with Crippen LogP contribution in [0.25, 0.3) is 0 Å². The van der Waals surface area contributed by atoms with Crippen molar-refractivity contribution in [1.82, 2.24) is 9.97 Å². The summed E-state index contributed by atoms with van der Waals surface area (Å²) in [7, 11) is 0. The minimum Gasteiger partial charge on any atom is -0.239 e. The summed E-state index contributed by atoms with van der Waals surface area (Å²) in [6.07, 6.45) is 1.85. The van der Waals surface area contributed by atoms with E-state index in [0.29, 0.717) is 0 Å². The van der Waals surface area contributed by atoms with Crippen molar-refractivity contribution in [2.75, 3.05) is 0 Å². The quantitative estimate of drug-likeness (QED) is 0.638. The van der Waals surface area contributed by atoms with Gasteiger partial charge in [-0.25, -0.2) is 9.97 Å². The lowest BCUT2D eigenvalue weighted by molar-refractivity contribution is 0.512. The standard InChI is InChI=1S/C15H22N2/c1-8-9-11-10-16-13(15(5,6)7)17-12(11)14(2,3)4/h10H,1-7H3. The lowest BCUT2D eigenvalue weighted by Gasteiger charge is -2.23. The molecule has 0 aliphatic carbocycles. The third-order valence-electron chi connectivity index (χ3n) is 2.43. The van der Waals surface area contributed by atoms with Crippen molar-refractivity contribution >= 4 is 0 Å². The highest BCUT2D eigenvalue weighted by Crippen LogP contribution is 2.26. The highest BCUT2D eigenvalue weighted by atomic mass is 14.9. The van der Waals surface area contributed by atoms with Gasteiger partial charge in [-0.05, 0) is 6.92 Å². The van der Waals surface area contributed by atoms with Crippen LogP contribution in [0.5, 0.6) is 0 Å². The Morgan fingerprint density at radius 3 is 2.00 bits per heavy atom. The summed E-state index contributed by atoms with van der Waals surface area (Å²) >= 11 is 0. The second-order valence-electron chi connectivity index (χ2n) is 6.33. The first-order valence-corrected chi connectivity index (χ1v) is 5.97. The van der Waals surface area contributed by atoms with Crippen molar-refractivity contribution in [3.63, 3.8) is 0 Å². The molecular weight excluding hydrogens is 208 g/mol. The van der Waals surface area contributed by atoms with Gasteiger partial charge in [-0.3, -0.25) is 0 Å². The average molecular weight is 230 g/mol. The molecule has 0 fully saturated rings. The first kappa shape index (κ1) is 13.7. The van der Waals surface area contributed by atoms with E-state index in [9.17, 15) is 0 Å². The Bertz CT molecular complexity index is 462. The number of hydrogen-bond donors (Lipinski definition) is 0. The maximum absolute atomic E-state index is 4.72. The average Bonchev–Trinajstić information content (AvgIpc) is 2.15. The zero-order valence-corrected chi connectivity index (χ0v) is 12.0. The van der Waals surface area contributed by atoms with Crippen LogP contribution in [-0.2, 0) is 10.8 Å². The minimum atomic E-state index is -0.0296. The Labute approximate surface area is 105 Å². The fourth-order valence-corrected chi connectivity index (χ4v) is 1.54. The van der Waals surface area contributed by atoms with Crippen LogP contribution in [0.15, 0.2) is 6.20 Å². The SMILES string of the molecule is CC#Cc1cnc(C(C)(C)C)nc1C(C)(C)C. The molecule has 0 aliphatic heterocycles. The van der Waals surface area contributed by atoms with E-state index in [2.05, 4.69) is 58.4 Å².